The molecule has 5 nitrogen and oxygen atoms in total. The average Bonchev–Trinajstić information content (AvgIpc) is 2.64. The van der Waals surface area contributed by atoms with Crippen LogP contribution in [0.5, 0.6) is 5.75 Å². The Labute approximate surface area is 113 Å². The second-order valence-corrected chi connectivity index (χ2v) is 7.50. The zero-order valence-electron chi connectivity index (χ0n) is 10.6. The van der Waals surface area contributed by atoms with Crippen molar-refractivity contribution in [2.45, 2.75) is 18.6 Å². The Morgan fingerprint density at radius 3 is 3.00 bits per heavy atom. The maximum Gasteiger partial charge on any atom is 0.153 e. The Morgan fingerprint density at radius 2 is 2.21 bits per heavy atom. The Morgan fingerprint density at radius 1 is 1.37 bits per heavy atom. The molecule has 0 amide bonds. The van der Waals surface area contributed by atoms with Crippen LogP contribution in [0.3, 0.4) is 0 Å². The van der Waals surface area contributed by atoms with E-state index in [2.05, 4.69) is 10.2 Å². The van der Waals surface area contributed by atoms with Gasteiger partial charge in [0.15, 0.2) is 9.84 Å². The SMILES string of the molecule is O=S1(=O)C[C@@H]2NCCN(Cc3cccc(O)c3)[C@@H]2C1. The van der Waals surface area contributed by atoms with E-state index in [0.29, 0.717) is 6.54 Å². The van der Waals surface area contributed by atoms with E-state index in [4.69, 9.17) is 0 Å². The molecule has 2 atom stereocenters. The van der Waals surface area contributed by atoms with E-state index in [0.717, 1.165) is 18.7 Å². The van der Waals surface area contributed by atoms with Gasteiger partial charge in [-0.25, -0.2) is 8.42 Å². The van der Waals surface area contributed by atoms with Crippen molar-refractivity contribution < 1.29 is 13.5 Å². The highest BCUT2D eigenvalue weighted by Crippen LogP contribution is 2.23. The maximum atomic E-state index is 11.7. The summed E-state index contributed by atoms with van der Waals surface area (Å²) in [6.45, 7) is 2.34. The summed E-state index contributed by atoms with van der Waals surface area (Å²) in [7, 11) is -2.92. The van der Waals surface area contributed by atoms with E-state index in [-0.39, 0.29) is 29.3 Å². The van der Waals surface area contributed by atoms with E-state index in [1.807, 2.05) is 12.1 Å². The Kier molecular flexibility index (Phi) is 3.24. The predicted molar refractivity (Wildman–Crippen MR) is 72.7 cm³/mol. The first-order valence-electron chi connectivity index (χ1n) is 6.49. The van der Waals surface area contributed by atoms with Gasteiger partial charge in [-0.15, -0.1) is 0 Å². The van der Waals surface area contributed by atoms with Gasteiger partial charge in [-0.1, -0.05) is 12.1 Å². The number of nitrogens with one attached hydrogen (secondary N) is 1. The van der Waals surface area contributed by atoms with Gasteiger partial charge in [0.1, 0.15) is 5.75 Å². The third-order valence-electron chi connectivity index (χ3n) is 3.89. The van der Waals surface area contributed by atoms with Crippen molar-refractivity contribution in [3.05, 3.63) is 29.8 Å². The first kappa shape index (κ1) is 12.9. The Hall–Kier alpha value is -1.11. The summed E-state index contributed by atoms with van der Waals surface area (Å²) < 4.78 is 23.5. The van der Waals surface area contributed by atoms with Crippen LogP contribution in [0, 0.1) is 0 Å². The zero-order chi connectivity index (χ0) is 13.5. The summed E-state index contributed by atoms with van der Waals surface area (Å²) in [5.74, 6) is 0.737. The second kappa shape index (κ2) is 4.77. The fraction of sp³-hybridized carbons (Fsp3) is 0.538. The summed E-state index contributed by atoms with van der Waals surface area (Å²) >= 11 is 0. The van der Waals surface area contributed by atoms with Crippen LogP contribution in [-0.2, 0) is 16.4 Å². The Balaban J connectivity index is 1.77. The molecule has 3 rings (SSSR count). The van der Waals surface area contributed by atoms with Gasteiger partial charge in [0, 0.05) is 31.7 Å². The molecule has 0 bridgehead atoms. The van der Waals surface area contributed by atoms with Crippen LogP contribution in [-0.4, -0.2) is 55.1 Å². The summed E-state index contributed by atoms with van der Waals surface area (Å²) in [6, 6.07) is 7.26. The molecular formula is C13H18N2O3S. The lowest BCUT2D eigenvalue weighted by atomic mass is 10.1. The Bertz CT molecular complexity index is 573. The van der Waals surface area contributed by atoms with E-state index in [9.17, 15) is 13.5 Å². The monoisotopic (exact) mass is 282 g/mol. The minimum Gasteiger partial charge on any atom is -0.508 e. The van der Waals surface area contributed by atoms with Gasteiger partial charge in [0.25, 0.3) is 0 Å². The molecular weight excluding hydrogens is 264 g/mol. The normalized spacial score (nSPS) is 30.1. The molecule has 0 saturated carbocycles. The maximum absolute atomic E-state index is 11.7. The molecule has 0 spiro atoms. The van der Waals surface area contributed by atoms with E-state index >= 15 is 0 Å². The lowest BCUT2D eigenvalue weighted by Gasteiger charge is -2.37. The second-order valence-electron chi connectivity index (χ2n) is 5.35. The van der Waals surface area contributed by atoms with Crippen molar-refractivity contribution in [1.29, 1.82) is 0 Å². The number of phenols is 1. The van der Waals surface area contributed by atoms with Gasteiger partial charge < -0.3 is 10.4 Å². The molecule has 0 aliphatic carbocycles. The highest BCUT2D eigenvalue weighted by molar-refractivity contribution is 7.91. The van der Waals surface area contributed by atoms with Crippen molar-refractivity contribution in [3.63, 3.8) is 0 Å². The fourth-order valence-electron chi connectivity index (χ4n) is 3.03. The predicted octanol–water partition coefficient (Wildman–Crippen LogP) is -0.0370. The van der Waals surface area contributed by atoms with Crippen LogP contribution in [0.15, 0.2) is 24.3 Å². The number of nitrogens with zero attached hydrogens (tertiary/aromatic N) is 1. The molecule has 2 aliphatic heterocycles. The van der Waals surface area contributed by atoms with Gasteiger partial charge in [0.2, 0.25) is 0 Å². The van der Waals surface area contributed by atoms with Crippen LogP contribution in [0.25, 0.3) is 0 Å². The molecule has 0 aromatic heterocycles. The standard InChI is InChI=1S/C13H18N2O3S/c16-11-3-1-2-10(6-11)7-15-5-4-14-12-8-19(17,18)9-13(12)15/h1-3,6,12-14,16H,4-5,7-9H2/t12-,13+/m0/s1. The highest BCUT2D eigenvalue weighted by atomic mass is 32.2. The van der Waals surface area contributed by atoms with Gasteiger partial charge in [-0.2, -0.15) is 0 Å². The number of aromatic hydroxyl groups is 1. The smallest absolute Gasteiger partial charge is 0.153 e. The molecule has 0 radical (unpaired) electrons. The van der Waals surface area contributed by atoms with E-state index in [1.165, 1.54) is 0 Å². The molecule has 6 heteroatoms. The van der Waals surface area contributed by atoms with E-state index in [1.54, 1.807) is 12.1 Å². The van der Waals surface area contributed by atoms with Gasteiger partial charge in [-0.3, -0.25) is 4.90 Å². The largest absolute Gasteiger partial charge is 0.508 e. The number of hydrogen-bond donors (Lipinski definition) is 2. The van der Waals surface area contributed by atoms with Crippen molar-refractivity contribution >= 4 is 9.84 Å². The van der Waals surface area contributed by atoms with E-state index < -0.39 is 9.84 Å². The fourth-order valence-corrected chi connectivity index (χ4v) is 5.02. The summed E-state index contributed by atoms with van der Waals surface area (Å²) in [5.41, 5.74) is 1.02. The van der Waals surface area contributed by atoms with Gasteiger partial charge >= 0.3 is 0 Å². The summed E-state index contributed by atoms with van der Waals surface area (Å²) in [4.78, 5) is 2.21. The quantitative estimate of drug-likeness (QED) is 0.797. The molecule has 104 valence electrons. The molecule has 0 unspecified atom stereocenters. The number of rotatable bonds is 2. The van der Waals surface area contributed by atoms with Gasteiger partial charge in [0.05, 0.1) is 11.5 Å². The van der Waals surface area contributed by atoms with Crippen molar-refractivity contribution in [3.8, 4) is 5.75 Å². The number of benzene rings is 1. The molecule has 2 heterocycles. The zero-order valence-corrected chi connectivity index (χ0v) is 11.4. The summed E-state index contributed by atoms with van der Waals surface area (Å²) in [5, 5.41) is 12.8. The molecule has 2 N–H and O–H groups in total. The number of piperazine rings is 1. The minimum atomic E-state index is -2.92. The van der Waals surface area contributed by atoms with Crippen molar-refractivity contribution in [1.82, 2.24) is 10.2 Å². The lowest BCUT2D eigenvalue weighted by Crippen LogP contribution is -2.56. The van der Waals surface area contributed by atoms with Crippen molar-refractivity contribution in [2.75, 3.05) is 24.6 Å². The van der Waals surface area contributed by atoms with Crippen LogP contribution in [0.1, 0.15) is 5.56 Å². The molecule has 2 fully saturated rings. The number of sulfone groups is 1. The highest BCUT2D eigenvalue weighted by Gasteiger charge is 2.42. The number of phenolic OH excluding ortho intramolecular Hbond substituents is 1. The minimum absolute atomic E-state index is 0.0519. The average molecular weight is 282 g/mol. The number of fused-ring (bicyclic) bond motifs is 1. The number of hydrogen-bond acceptors (Lipinski definition) is 5. The van der Waals surface area contributed by atoms with Crippen LogP contribution in [0.2, 0.25) is 0 Å². The third-order valence-corrected chi connectivity index (χ3v) is 5.61. The molecule has 2 aliphatic rings. The lowest BCUT2D eigenvalue weighted by molar-refractivity contribution is 0.141. The molecule has 1 aromatic carbocycles. The summed E-state index contributed by atoms with van der Waals surface area (Å²) in [6.07, 6.45) is 0. The van der Waals surface area contributed by atoms with Crippen molar-refractivity contribution in [2.24, 2.45) is 0 Å². The van der Waals surface area contributed by atoms with Crippen LogP contribution >= 0.6 is 0 Å². The topological polar surface area (TPSA) is 69.6 Å². The first-order chi connectivity index (χ1) is 9.03. The molecule has 1 aromatic rings. The van der Waals surface area contributed by atoms with Gasteiger partial charge in [-0.05, 0) is 17.7 Å². The third kappa shape index (κ3) is 2.75. The molecule has 2 saturated heterocycles. The first-order valence-corrected chi connectivity index (χ1v) is 8.31. The molecule has 19 heavy (non-hydrogen) atoms. The van der Waals surface area contributed by atoms with Crippen LogP contribution < -0.4 is 5.32 Å². The van der Waals surface area contributed by atoms with Crippen LogP contribution in [0.4, 0.5) is 0 Å².